The van der Waals surface area contributed by atoms with Crippen LogP contribution in [-0.2, 0) is 12.8 Å². The topological polar surface area (TPSA) is 13.1 Å². The summed E-state index contributed by atoms with van der Waals surface area (Å²) in [5.74, 6) is 2.34. The van der Waals surface area contributed by atoms with Gasteiger partial charge in [-0.25, -0.2) is 0 Å². The Morgan fingerprint density at radius 1 is 0.727 bits per heavy atom. The number of furan rings is 1. The first-order valence-corrected chi connectivity index (χ1v) is 9.79. The summed E-state index contributed by atoms with van der Waals surface area (Å²) in [5.41, 5.74) is 2.70. The molecule has 0 fully saturated rings. The molecule has 1 aromatic heterocycles. The molecule has 0 amide bonds. The molecule has 1 aliphatic rings. The Hall–Kier alpha value is -0.770. The van der Waals surface area contributed by atoms with E-state index in [1.165, 1.54) is 78.2 Å². The molecular formula is C20H25IO. The lowest BCUT2D eigenvalue weighted by molar-refractivity contribution is 0.488. The zero-order chi connectivity index (χ0) is 15.2. The van der Waals surface area contributed by atoms with Crippen molar-refractivity contribution in [3.8, 4) is 11.3 Å². The number of halogens is 1. The number of benzene rings is 1. The Balaban J connectivity index is 1.87. The van der Waals surface area contributed by atoms with Crippen LogP contribution in [0.25, 0.3) is 11.3 Å². The molecule has 22 heavy (non-hydrogen) atoms. The minimum atomic E-state index is 1.08. The molecule has 118 valence electrons. The van der Waals surface area contributed by atoms with E-state index in [2.05, 4.69) is 52.9 Å². The second-order valence-electron chi connectivity index (χ2n) is 6.34. The van der Waals surface area contributed by atoms with Gasteiger partial charge in [0.05, 0.1) is 3.57 Å². The van der Waals surface area contributed by atoms with Crippen LogP contribution < -0.4 is 0 Å². The lowest BCUT2D eigenvalue weighted by Gasteiger charge is -2.07. The van der Waals surface area contributed by atoms with Crippen LogP contribution >= 0.6 is 22.6 Å². The number of hydrogen-bond donors (Lipinski definition) is 0. The van der Waals surface area contributed by atoms with Crippen LogP contribution in [0.2, 0.25) is 0 Å². The fourth-order valence-corrected chi connectivity index (χ4v) is 4.36. The molecule has 0 saturated heterocycles. The van der Waals surface area contributed by atoms with Gasteiger partial charge < -0.3 is 4.42 Å². The van der Waals surface area contributed by atoms with Gasteiger partial charge in [-0.15, -0.1) is 0 Å². The Kier molecular flexibility index (Phi) is 5.99. The molecule has 1 aliphatic carbocycles. The SMILES string of the molecule is Ic1c(-c2ccccc2)oc2c1CCCCCCCCCC2. The minimum absolute atomic E-state index is 1.08. The van der Waals surface area contributed by atoms with Crippen molar-refractivity contribution >= 4 is 22.6 Å². The van der Waals surface area contributed by atoms with Crippen molar-refractivity contribution in [1.29, 1.82) is 0 Å². The quantitative estimate of drug-likeness (QED) is 0.475. The van der Waals surface area contributed by atoms with Gasteiger partial charge in [-0.2, -0.15) is 0 Å². The van der Waals surface area contributed by atoms with E-state index in [-0.39, 0.29) is 0 Å². The summed E-state index contributed by atoms with van der Waals surface area (Å²) in [6.07, 6.45) is 13.2. The lowest BCUT2D eigenvalue weighted by atomic mass is 9.99. The van der Waals surface area contributed by atoms with Gasteiger partial charge in [0.2, 0.25) is 0 Å². The summed E-state index contributed by atoms with van der Waals surface area (Å²) in [6.45, 7) is 0. The van der Waals surface area contributed by atoms with Gasteiger partial charge in [0, 0.05) is 17.5 Å². The number of aryl methyl sites for hydroxylation is 1. The average Bonchev–Trinajstić information content (AvgIpc) is 2.84. The Labute approximate surface area is 147 Å². The standard InChI is InChI=1S/C20H25IO/c21-19-17-14-10-5-3-1-2-4-6-11-15-18(17)22-20(19)16-12-8-7-9-13-16/h7-9,12-13H,1-6,10-11,14-15H2. The molecule has 0 unspecified atom stereocenters. The van der Waals surface area contributed by atoms with Gasteiger partial charge in [-0.3, -0.25) is 0 Å². The average molecular weight is 408 g/mol. The maximum Gasteiger partial charge on any atom is 0.147 e. The van der Waals surface area contributed by atoms with E-state index >= 15 is 0 Å². The van der Waals surface area contributed by atoms with Crippen LogP contribution in [0.1, 0.15) is 62.7 Å². The monoisotopic (exact) mass is 408 g/mol. The van der Waals surface area contributed by atoms with Crippen molar-refractivity contribution in [3.63, 3.8) is 0 Å². The second kappa shape index (κ2) is 8.19. The molecule has 3 rings (SSSR count). The van der Waals surface area contributed by atoms with Gasteiger partial charge in [0.25, 0.3) is 0 Å². The maximum absolute atomic E-state index is 6.32. The highest BCUT2D eigenvalue weighted by Gasteiger charge is 2.19. The Morgan fingerprint density at radius 2 is 1.32 bits per heavy atom. The summed E-state index contributed by atoms with van der Waals surface area (Å²) in [7, 11) is 0. The first kappa shape index (κ1) is 16.1. The lowest BCUT2D eigenvalue weighted by Crippen LogP contribution is -1.95. The molecule has 0 radical (unpaired) electrons. The van der Waals surface area contributed by atoms with Crippen molar-refractivity contribution in [3.05, 3.63) is 45.2 Å². The first-order valence-electron chi connectivity index (χ1n) is 8.72. The van der Waals surface area contributed by atoms with Crippen molar-refractivity contribution in [2.24, 2.45) is 0 Å². The van der Waals surface area contributed by atoms with Crippen LogP contribution in [0.5, 0.6) is 0 Å². The van der Waals surface area contributed by atoms with Crippen LogP contribution in [0.15, 0.2) is 34.7 Å². The molecule has 0 saturated carbocycles. The van der Waals surface area contributed by atoms with Crippen molar-refractivity contribution < 1.29 is 4.42 Å². The number of hydrogen-bond acceptors (Lipinski definition) is 1. The molecule has 0 atom stereocenters. The van der Waals surface area contributed by atoms with Crippen LogP contribution in [0, 0.1) is 3.57 Å². The molecule has 2 heteroatoms. The summed E-state index contributed by atoms with van der Waals surface area (Å²) >= 11 is 2.50. The van der Waals surface area contributed by atoms with Gasteiger partial charge in [0.1, 0.15) is 11.5 Å². The summed E-state index contributed by atoms with van der Waals surface area (Å²) < 4.78 is 7.66. The number of rotatable bonds is 1. The van der Waals surface area contributed by atoms with Crippen LogP contribution in [0.4, 0.5) is 0 Å². The van der Waals surface area contributed by atoms with E-state index in [0.717, 1.165) is 12.2 Å². The van der Waals surface area contributed by atoms with E-state index in [9.17, 15) is 0 Å². The van der Waals surface area contributed by atoms with Crippen molar-refractivity contribution in [2.45, 2.75) is 64.2 Å². The molecule has 0 aliphatic heterocycles. The van der Waals surface area contributed by atoms with E-state index in [4.69, 9.17) is 4.42 Å². The predicted molar refractivity (Wildman–Crippen MR) is 101 cm³/mol. The van der Waals surface area contributed by atoms with Gasteiger partial charge in [-0.05, 0) is 41.9 Å². The third-order valence-electron chi connectivity index (χ3n) is 4.64. The van der Waals surface area contributed by atoms with E-state index in [0.29, 0.717) is 0 Å². The van der Waals surface area contributed by atoms with Gasteiger partial charge >= 0.3 is 0 Å². The largest absolute Gasteiger partial charge is 0.460 e. The maximum atomic E-state index is 6.32. The summed E-state index contributed by atoms with van der Waals surface area (Å²) in [4.78, 5) is 0. The van der Waals surface area contributed by atoms with Crippen LogP contribution in [-0.4, -0.2) is 0 Å². The zero-order valence-corrected chi connectivity index (χ0v) is 15.4. The molecule has 0 bridgehead atoms. The van der Waals surface area contributed by atoms with E-state index < -0.39 is 0 Å². The van der Waals surface area contributed by atoms with E-state index in [1.54, 1.807) is 0 Å². The molecule has 0 N–H and O–H groups in total. The molecule has 0 spiro atoms. The van der Waals surface area contributed by atoms with Crippen molar-refractivity contribution in [2.75, 3.05) is 0 Å². The predicted octanol–water partition coefficient (Wildman–Crippen LogP) is 6.77. The second-order valence-corrected chi connectivity index (χ2v) is 7.42. The molecule has 1 heterocycles. The highest BCUT2D eigenvalue weighted by molar-refractivity contribution is 14.1. The van der Waals surface area contributed by atoms with Gasteiger partial charge in [0.15, 0.2) is 0 Å². The molecule has 1 nitrogen and oxygen atoms in total. The first-order chi connectivity index (χ1) is 10.9. The highest BCUT2D eigenvalue weighted by Crippen LogP contribution is 2.35. The molecule has 1 aromatic carbocycles. The zero-order valence-electron chi connectivity index (χ0n) is 13.2. The smallest absolute Gasteiger partial charge is 0.147 e. The highest BCUT2D eigenvalue weighted by atomic mass is 127. The van der Waals surface area contributed by atoms with Gasteiger partial charge in [-0.1, -0.05) is 68.9 Å². The fourth-order valence-electron chi connectivity index (χ4n) is 3.36. The Morgan fingerprint density at radius 3 is 2.00 bits per heavy atom. The normalized spacial score (nSPS) is 17.3. The molecule has 2 aromatic rings. The third kappa shape index (κ3) is 3.95. The van der Waals surface area contributed by atoms with Crippen molar-refractivity contribution in [1.82, 2.24) is 0 Å². The number of fused-ring (bicyclic) bond motifs is 1. The Bertz CT molecular complexity index is 585. The summed E-state index contributed by atoms with van der Waals surface area (Å²) in [5, 5.41) is 0. The minimum Gasteiger partial charge on any atom is -0.460 e. The van der Waals surface area contributed by atoms with E-state index in [1.807, 2.05) is 0 Å². The fraction of sp³-hybridized carbons (Fsp3) is 0.500. The summed E-state index contributed by atoms with van der Waals surface area (Å²) in [6, 6.07) is 10.6. The molecular weight excluding hydrogens is 383 g/mol. The van der Waals surface area contributed by atoms with Crippen LogP contribution in [0.3, 0.4) is 0 Å². The third-order valence-corrected chi connectivity index (χ3v) is 5.78.